The molecule has 1 aliphatic rings. The van der Waals surface area contributed by atoms with Gasteiger partial charge >= 0.3 is 0 Å². The average molecular weight is 254 g/mol. The number of nitrogens with zero attached hydrogens (tertiary/aromatic N) is 2. The summed E-state index contributed by atoms with van der Waals surface area (Å²) >= 11 is 5.98. The van der Waals surface area contributed by atoms with Crippen LogP contribution in [0.2, 0.25) is 0 Å². The fourth-order valence-corrected chi connectivity index (χ4v) is 3.03. The van der Waals surface area contributed by atoms with Crippen molar-refractivity contribution in [1.29, 1.82) is 0 Å². The molecular formula is C13H20ClN3. The summed E-state index contributed by atoms with van der Waals surface area (Å²) in [5.74, 6) is 3.92. The minimum absolute atomic E-state index is 0.674. The van der Waals surface area contributed by atoms with Gasteiger partial charge in [-0.05, 0) is 38.5 Å². The summed E-state index contributed by atoms with van der Waals surface area (Å²) in [5, 5.41) is 3.42. The van der Waals surface area contributed by atoms with Crippen LogP contribution in [0.25, 0.3) is 0 Å². The number of nitrogens with one attached hydrogen (secondary N) is 1. The number of rotatable bonds is 4. The Bertz CT molecular complexity index is 361. The standard InChI is InChI=1S/C13H20ClN3/c1-9-6-13(17-10(2)16-9)15-8-12-5-3-4-11(12)7-14/h6,11-12H,3-5,7-8H2,1-2H3,(H,15,16,17). The molecule has 0 aromatic carbocycles. The van der Waals surface area contributed by atoms with Gasteiger partial charge in [-0.3, -0.25) is 0 Å². The lowest BCUT2D eigenvalue weighted by atomic mass is 9.98. The second-order valence-corrected chi connectivity index (χ2v) is 5.24. The molecule has 1 saturated carbocycles. The summed E-state index contributed by atoms with van der Waals surface area (Å²) in [7, 11) is 0. The summed E-state index contributed by atoms with van der Waals surface area (Å²) < 4.78 is 0. The van der Waals surface area contributed by atoms with Crippen LogP contribution in [0.15, 0.2) is 6.07 Å². The molecule has 1 aliphatic carbocycles. The van der Waals surface area contributed by atoms with Gasteiger partial charge in [0.15, 0.2) is 0 Å². The third kappa shape index (κ3) is 3.32. The van der Waals surface area contributed by atoms with Gasteiger partial charge in [-0.15, -0.1) is 11.6 Å². The minimum atomic E-state index is 0.674. The number of alkyl halides is 1. The van der Waals surface area contributed by atoms with Gasteiger partial charge in [0.25, 0.3) is 0 Å². The van der Waals surface area contributed by atoms with Gasteiger partial charge in [0, 0.05) is 24.2 Å². The highest BCUT2D eigenvalue weighted by molar-refractivity contribution is 6.18. The summed E-state index contributed by atoms with van der Waals surface area (Å²) in [6, 6.07) is 2.00. The molecule has 0 radical (unpaired) electrons. The SMILES string of the molecule is Cc1cc(NCC2CCCC2CCl)nc(C)n1. The van der Waals surface area contributed by atoms with Crippen molar-refractivity contribution in [1.82, 2.24) is 9.97 Å². The van der Waals surface area contributed by atoms with Crippen LogP contribution in [0.1, 0.15) is 30.8 Å². The van der Waals surface area contributed by atoms with Crippen molar-refractivity contribution in [3.05, 3.63) is 17.6 Å². The third-order valence-electron chi connectivity index (χ3n) is 3.53. The second-order valence-electron chi connectivity index (χ2n) is 4.93. The second kappa shape index (κ2) is 5.67. The topological polar surface area (TPSA) is 37.8 Å². The Labute approximate surface area is 108 Å². The van der Waals surface area contributed by atoms with E-state index in [9.17, 15) is 0 Å². The fourth-order valence-electron chi connectivity index (χ4n) is 2.63. The van der Waals surface area contributed by atoms with E-state index in [4.69, 9.17) is 11.6 Å². The molecule has 0 amide bonds. The van der Waals surface area contributed by atoms with Crippen molar-refractivity contribution in [2.45, 2.75) is 33.1 Å². The maximum Gasteiger partial charge on any atom is 0.129 e. The molecule has 1 N–H and O–H groups in total. The fraction of sp³-hybridized carbons (Fsp3) is 0.692. The first kappa shape index (κ1) is 12.6. The van der Waals surface area contributed by atoms with Crippen molar-refractivity contribution in [3.63, 3.8) is 0 Å². The Balaban J connectivity index is 1.93. The molecule has 2 rings (SSSR count). The van der Waals surface area contributed by atoms with Gasteiger partial charge in [-0.2, -0.15) is 0 Å². The monoisotopic (exact) mass is 253 g/mol. The summed E-state index contributed by atoms with van der Waals surface area (Å²) in [6.45, 7) is 4.90. The highest BCUT2D eigenvalue weighted by Gasteiger charge is 2.26. The zero-order chi connectivity index (χ0) is 12.3. The zero-order valence-electron chi connectivity index (χ0n) is 10.5. The molecule has 4 heteroatoms. The first-order chi connectivity index (χ1) is 8.19. The van der Waals surface area contributed by atoms with Crippen LogP contribution in [-0.4, -0.2) is 22.4 Å². The van der Waals surface area contributed by atoms with Crippen LogP contribution in [0, 0.1) is 25.7 Å². The van der Waals surface area contributed by atoms with E-state index in [1.54, 1.807) is 0 Å². The lowest BCUT2D eigenvalue weighted by Crippen LogP contribution is -2.20. The van der Waals surface area contributed by atoms with Gasteiger partial charge in [-0.25, -0.2) is 9.97 Å². The van der Waals surface area contributed by atoms with Gasteiger partial charge in [0.05, 0.1) is 0 Å². The molecule has 17 heavy (non-hydrogen) atoms. The molecule has 1 aromatic heterocycles. The van der Waals surface area contributed by atoms with Crippen LogP contribution in [0.3, 0.4) is 0 Å². The smallest absolute Gasteiger partial charge is 0.129 e. The first-order valence-electron chi connectivity index (χ1n) is 6.31. The predicted molar refractivity (Wildman–Crippen MR) is 71.5 cm³/mol. The molecule has 0 saturated heterocycles. The highest BCUT2D eigenvalue weighted by Crippen LogP contribution is 2.32. The third-order valence-corrected chi connectivity index (χ3v) is 3.92. The molecule has 1 heterocycles. The molecule has 2 atom stereocenters. The van der Waals surface area contributed by atoms with Crippen molar-refractivity contribution in [3.8, 4) is 0 Å². The number of hydrogen-bond donors (Lipinski definition) is 1. The molecule has 3 nitrogen and oxygen atoms in total. The average Bonchev–Trinajstić information content (AvgIpc) is 2.72. The van der Waals surface area contributed by atoms with Crippen LogP contribution >= 0.6 is 11.6 Å². The lowest BCUT2D eigenvalue weighted by molar-refractivity contribution is 0.444. The van der Waals surface area contributed by atoms with E-state index < -0.39 is 0 Å². The Morgan fingerprint density at radius 2 is 2.06 bits per heavy atom. The number of aromatic nitrogens is 2. The van der Waals surface area contributed by atoms with Crippen molar-refractivity contribution >= 4 is 17.4 Å². The van der Waals surface area contributed by atoms with E-state index in [0.29, 0.717) is 11.8 Å². The van der Waals surface area contributed by atoms with E-state index >= 15 is 0 Å². The van der Waals surface area contributed by atoms with Crippen molar-refractivity contribution < 1.29 is 0 Å². The summed E-state index contributed by atoms with van der Waals surface area (Å²) in [4.78, 5) is 8.66. The summed E-state index contributed by atoms with van der Waals surface area (Å²) in [5.41, 5.74) is 1.01. The largest absolute Gasteiger partial charge is 0.370 e. The van der Waals surface area contributed by atoms with Gasteiger partial charge < -0.3 is 5.32 Å². The maximum absolute atomic E-state index is 5.98. The normalized spacial score (nSPS) is 23.9. The Morgan fingerprint density at radius 1 is 1.29 bits per heavy atom. The Kier molecular flexibility index (Phi) is 4.21. The van der Waals surface area contributed by atoms with Crippen LogP contribution < -0.4 is 5.32 Å². The van der Waals surface area contributed by atoms with E-state index in [0.717, 1.165) is 29.8 Å². The number of anilines is 1. The van der Waals surface area contributed by atoms with Crippen molar-refractivity contribution in [2.75, 3.05) is 17.7 Å². The van der Waals surface area contributed by atoms with Crippen LogP contribution in [0.5, 0.6) is 0 Å². The Morgan fingerprint density at radius 3 is 2.76 bits per heavy atom. The van der Waals surface area contributed by atoms with Gasteiger partial charge in [-0.1, -0.05) is 6.42 Å². The van der Waals surface area contributed by atoms with E-state index in [2.05, 4.69) is 15.3 Å². The van der Waals surface area contributed by atoms with Gasteiger partial charge in [0.1, 0.15) is 11.6 Å². The molecule has 1 fully saturated rings. The zero-order valence-corrected chi connectivity index (χ0v) is 11.3. The molecule has 0 spiro atoms. The predicted octanol–water partition coefficient (Wildman–Crippen LogP) is 3.16. The first-order valence-corrected chi connectivity index (χ1v) is 6.84. The van der Waals surface area contributed by atoms with Crippen LogP contribution in [0.4, 0.5) is 5.82 Å². The number of halogens is 1. The highest BCUT2D eigenvalue weighted by atomic mass is 35.5. The molecule has 94 valence electrons. The minimum Gasteiger partial charge on any atom is -0.370 e. The number of hydrogen-bond acceptors (Lipinski definition) is 3. The molecule has 0 bridgehead atoms. The summed E-state index contributed by atoms with van der Waals surface area (Å²) in [6.07, 6.45) is 3.87. The van der Waals surface area contributed by atoms with Crippen molar-refractivity contribution in [2.24, 2.45) is 11.8 Å². The van der Waals surface area contributed by atoms with Gasteiger partial charge in [0.2, 0.25) is 0 Å². The van der Waals surface area contributed by atoms with E-state index in [1.165, 1.54) is 19.3 Å². The molecule has 1 aromatic rings. The lowest BCUT2D eigenvalue weighted by Gasteiger charge is -2.18. The van der Waals surface area contributed by atoms with E-state index in [-0.39, 0.29) is 0 Å². The molecular weight excluding hydrogens is 234 g/mol. The molecule has 2 unspecified atom stereocenters. The Hall–Kier alpha value is -0.830. The quantitative estimate of drug-likeness (QED) is 0.838. The maximum atomic E-state index is 5.98. The number of aryl methyl sites for hydroxylation is 2. The molecule has 0 aliphatic heterocycles. The van der Waals surface area contributed by atoms with Crippen LogP contribution in [-0.2, 0) is 0 Å². The van der Waals surface area contributed by atoms with E-state index in [1.807, 2.05) is 19.9 Å².